The molecule has 3 amide bonds. The van der Waals surface area contributed by atoms with Crippen LogP contribution in [0.1, 0.15) is 13.8 Å². The van der Waals surface area contributed by atoms with Gasteiger partial charge in [-0.1, -0.05) is 0 Å². The largest absolute Gasteiger partial charge is 0.480 e. The molecule has 10 heteroatoms. The molecule has 0 bridgehead atoms. The first-order valence-electron chi connectivity index (χ1n) is 6.16. The van der Waals surface area contributed by atoms with Crippen molar-refractivity contribution >= 4 is 23.7 Å². The van der Waals surface area contributed by atoms with Crippen LogP contribution in [0, 0.1) is 0 Å². The summed E-state index contributed by atoms with van der Waals surface area (Å²) >= 11 is 0. The first kappa shape index (κ1) is 18.8. The molecule has 0 radical (unpaired) electrons. The molecule has 0 aliphatic heterocycles. The van der Waals surface area contributed by atoms with Crippen LogP contribution in [-0.4, -0.2) is 65.2 Å². The molecule has 0 aliphatic carbocycles. The summed E-state index contributed by atoms with van der Waals surface area (Å²) in [7, 11) is 0. The molecule has 3 atom stereocenters. The van der Waals surface area contributed by atoms with Crippen LogP contribution in [-0.2, 0) is 19.2 Å². The number of aliphatic hydroxyl groups is 1. The van der Waals surface area contributed by atoms with E-state index in [0.717, 1.165) is 0 Å². The van der Waals surface area contributed by atoms with Gasteiger partial charge in [0.05, 0.1) is 12.6 Å². The first-order chi connectivity index (χ1) is 9.68. The zero-order valence-corrected chi connectivity index (χ0v) is 11.8. The van der Waals surface area contributed by atoms with Crippen LogP contribution < -0.4 is 21.7 Å². The molecule has 0 aromatic heterocycles. The number of rotatable bonds is 8. The molecule has 0 saturated carbocycles. The highest BCUT2D eigenvalue weighted by atomic mass is 16.4. The maximum Gasteiger partial charge on any atom is 0.322 e. The number of hydrogen-bond acceptors (Lipinski definition) is 6. The van der Waals surface area contributed by atoms with E-state index in [0.29, 0.717) is 0 Å². The van der Waals surface area contributed by atoms with Crippen molar-refractivity contribution < 1.29 is 29.4 Å². The Labute approximate surface area is 121 Å². The molecule has 21 heavy (non-hydrogen) atoms. The van der Waals surface area contributed by atoms with Crippen molar-refractivity contribution in [1.29, 1.82) is 0 Å². The number of aliphatic carboxylic acids is 1. The maximum absolute atomic E-state index is 11.8. The third kappa shape index (κ3) is 7.22. The molecule has 0 aromatic rings. The number of carboxylic acids is 1. The van der Waals surface area contributed by atoms with Gasteiger partial charge in [0.2, 0.25) is 17.7 Å². The van der Waals surface area contributed by atoms with E-state index in [-0.39, 0.29) is 6.54 Å². The van der Waals surface area contributed by atoms with Gasteiger partial charge in [-0.15, -0.1) is 0 Å². The normalized spacial score (nSPS) is 14.5. The molecule has 0 heterocycles. The summed E-state index contributed by atoms with van der Waals surface area (Å²) in [6.45, 7) is 1.69. The van der Waals surface area contributed by atoms with Crippen molar-refractivity contribution in [1.82, 2.24) is 16.0 Å². The number of hydrogen-bond donors (Lipinski definition) is 6. The summed E-state index contributed by atoms with van der Waals surface area (Å²) in [6.07, 6.45) is -1.25. The second-order valence-electron chi connectivity index (χ2n) is 4.33. The number of nitrogens with one attached hydrogen (secondary N) is 3. The van der Waals surface area contributed by atoms with Gasteiger partial charge in [0.1, 0.15) is 18.6 Å². The van der Waals surface area contributed by atoms with Gasteiger partial charge in [-0.25, -0.2) is 0 Å². The molecule has 0 aromatic carbocycles. The maximum atomic E-state index is 11.8. The fraction of sp³-hybridized carbons (Fsp3) is 0.636. The van der Waals surface area contributed by atoms with Crippen LogP contribution in [0.5, 0.6) is 0 Å². The lowest BCUT2D eigenvalue weighted by atomic mass is 10.1. The molecule has 0 aliphatic rings. The smallest absolute Gasteiger partial charge is 0.322 e. The average Bonchev–Trinajstić information content (AvgIpc) is 2.40. The van der Waals surface area contributed by atoms with E-state index in [9.17, 15) is 24.3 Å². The molecule has 0 saturated heterocycles. The fourth-order valence-corrected chi connectivity index (χ4v) is 1.32. The number of carboxylic acid groups (broad SMARTS) is 1. The Morgan fingerprint density at radius 1 is 1.10 bits per heavy atom. The minimum atomic E-state index is -1.34. The molecule has 120 valence electrons. The number of carbonyl (C=O) groups excluding carboxylic acids is 3. The molecule has 7 N–H and O–H groups in total. The van der Waals surface area contributed by atoms with Crippen LogP contribution in [0.3, 0.4) is 0 Å². The van der Waals surface area contributed by atoms with Crippen LogP contribution in [0.2, 0.25) is 0 Å². The first-order valence-corrected chi connectivity index (χ1v) is 6.16. The lowest BCUT2D eigenvalue weighted by molar-refractivity contribution is -0.139. The van der Waals surface area contributed by atoms with Crippen molar-refractivity contribution in [2.45, 2.75) is 32.0 Å². The van der Waals surface area contributed by atoms with Crippen LogP contribution in [0.15, 0.2) is 0 Å². The van der Waals surface area contributed by atoms with Crippen molar-refractivity contribution in [3.8, 4) is 0 Å². The van der Waals surface area contributed by atoms with Gasteiger partial charge in [-0.05, 0) is 13.8 Å². The van der Waals surface area contributed by atoms with Crippen LogP contribution >= 0.6 is 0 Å². The zero-order valence-electron chi connectivity index (χ0n) is 11.8. The molecular formula is C11H20N4O6. The van der Waals surface area contributed by atoms with E-state index in [1.54, 1.807) is 0 Å². The zero-order chi connectivity index (χ0) is 16.6. The molecule has 0 fully saturated rings. The number of amides is 3. The number of aliphatic hydroxyl groups excluding tert-OH is 1. The Bertz CT molecular complexity index is 412. The predicted octanol–water partition coefficient (Wildman–Crippen LogP) is -3.48. The van der Waals surface area contributed by atoms with Crippen LogP contribution in [0.25, 0.3) is 0 Å². The third-order valence-electron chi connectivity index (χ3n) is 2.43. The minimum absolute atomic E-state index is 0.295. The highest BCUT2D eigenvalue weighted by molar-refractivity contribution is 5.93. The van der Waals surface area contributed by atoms with Crippen molar-refractivity contribution in [3.63, 3.8) is 0 Å². The van der Waals surface area contributed by atoms with E-state index >= 15 is 0 Å². The van der Waals surface area contributed by atoms with Crippen molar-refractivity contribution in [2.24, 2.45) is 5.73 Å². The number of carbonyl (C=O) groups is 4. The van der Waals surface area contributed by atoms with E-state index in [2.05, 4.69) is 10.6 Å². The summed E-state index contributed by atoms with van der Waals surface area (Å²) in [4.78, 5) is 44.9. The number of nitrogens with two attached hydrogens (primary N) is 1. The lowest BCUT2D eigenvalue weighted by Crippen LogP contribution is -2.57. The third-order valence-corrected chi connectivity index (χ3v) is 2.43. The predicted molar refractivity (Wildman–Crippen MR) is 70.9 cm³/mol. The quantitative estimate of drug-likeness (QED) is 0.270. The van der Waals surface area contributed by atoms with Gasteiger partial charge in [0.25, 0.3) is 0 Å². The molecule has 0 rings (SSSR count). The van der Waals surface area contributed by atoms with Crippen molar-refractivity contribution in [3.05, 3.63) is 0 Å². The minimum Gasteiger partial charge on any atom is -0.480 e. The van der Waals surface area contributed by atoms with E-state index < -0.39 is 48.4 Å². The average molecular weight is 304 g/mol. The van der Waals surface area contributed by atoms with E-state index in [4.69, 9.17) is 10.8 Å². The fourth-order valence-electron chi connectivity index (χ4n) is 1.32. The van der Waals surface area contributed by atoms with Crippen molar-refractivity contribution in [2.75, 3.05) is 13.1 Å². The Morgan fingerprint density at radius 3 is 2.10 bits per heavy atom. The van der Waals surface area contributed by atoms with Gasteiger partial charge in [0.15, 0.2) is 0 Å². The van der Waals surface area contributed by atoms with Gasteiger partial charge in [-0.2, -0.15) is 0 Å². The molecule has 10 nitrogen and oxygen atoms in total. The van der Waals surface area contributed by atoms with Gasteiger partial charge in [-0.3, -0.25) is 19.2 Å². The Hall–Kier alpha value is -2.20. The van der Waals surface area contributed by atoms with Gasteiger partial charge >= 0.3 is 5.97 Å². The standard InChI is InChI=1S/C11H20N4O6/c1-5(14-7(17)3-12)10(20)15-9(6(2)16)11(21)13-4-8(18)19/h5-6,9,16H,3-4,12H2,1-2H3,(H,13,21)(H,14,17)(H,15,20)(H,18,19). The monoisotopic (exact) mass is 304 g/mol. The Balaban J connectivity index is 4.62. The van der Waals surface area contributed by atoms with Gasteiger partial charge in [0, 0.05) is 0 Å². The molecule has 3 unspecified atom stereocenters. The molecule has 0 spiro atoms. The second kappa shape index (κ2) is 8.87. The summed E-state index contributed by atoms with van der Waals surface area (Å²) in [6, 6.07) is -2.30. The Kier molecular flexibility index (Phi) is 7.94. The summed E-state index contributed by atoms with van der Waals surface area (Å²) < 4.78 is 0. The highest BCUT2D eigenvalue weighted by Crippen LogP contribution is 1.95. The topological polar surface area (TPSA) is 171 Å². The van der Waals surface area contributed by atoms with E-state index in [1.165, 1.54) is 13.8 Å². The second-order valence-corrected chi connectivity index (χ2v) is 4.33. The Morgan fingerprint density at radius 2 is 1.67 bits per heavy atom. The van der Waals surface area contributed by atoms with Crippen LogP contribution in [0.4, 0.5) is 0 Å². The SMILES string of the molecule is CC(NC(=O)CN)C(=O)NC(C(=O)NCC(=O)O)C(C)O. The summed E-state index contributed by atoms with van der Waals surface area (Å²) in [5, 5.41) is 24.5. The van der Waals surface area contributed by atoms with E-state index in [1.807, 2.05) is 5.32 Å². The summed E-state index contributed by atoms with van der Waals surface area (Å²) in [5.74, 6) is -3.38. The van der Waals surface area contributed by atoms with Gasteiger partial charge < -0.3 is 31.9 Å². The molecular weight excluding hydrogens is 284 g/mol. The lowest BCUT2D eigenvalue weighted by Gasteiger charge is -2.22. The summed E-state index contributed by atoms with van der Waals surface area (Å²) in [5.41, 5.74) is 5.08. The highest BCUT2D eigenvalue weighted by Gasteiger charge is 2.28.